The summed E-state index contributed by atoms with van der Waals surface area (Å²) >= 11 is 0. The average molecular weight is 265 g/mol. The van der Waals surface area contributed by atoms with Gasteiger partial charge < -0.3 is 15.2 Å². The van der Waals surface area contributed by atoms with Crippen molar-refractivity contribution in [3.05, 3.63) is 0 Å². The summed E-state index contributed by atoms with van der Waals surface area (Å²) < 4.78 is 29.3. The van der Waals surface area contributed by atoms with E-state index in [1.54, 1.807) is 6.92 Å². The Morgan fingerprint density at radius 3 is 2.76 bits per heavy atom. The van der Waals surface area contributed by atoms with Crippen LogP contribution in [0, 0.1) is 0 Å². The van der Waals surface area contributed by atoms with Crippen LogP contribution in [0.15, 0.2) is 0 Å². The van der Waals surface area contributed by atoms with Crippen LogP contribution in [0.25, 0.3) is 0 Å². The Hall–Kier alpha value is -0.170. The number of rotatable bonds is 7. The van der Waals surface area contributed by atoms with Crippen molar-refractivity contribution in [2.45, 2.75) is 44.1 Å². The van der Waals surface area contributed by atoms with E-state index >= 15 is 0 Å². The fraction of sp³-hybridized carbons (Fsp3) is 1.00. The zero-order chi connectivity index (χ0) is 12.9. The van der Waals surface area contributed by atoms with Crippen LogP contribution in [0.5, 0.6) is 0 Å². The molecule has 1 aliphatic heterocycles. The Kier molecular flexibility index (Phi) is 5.85. The van der Waals surface area contributed by atoms with E-state index in [1.807, 2.05) is 6.92 Å². The van der Waals surface area contributed by atoms with Crippen molar-refractivity contribution in [2.24, 2.45) is 0 Å². The lowest BCUT2D eigenvalue weighted by Crippen LogP contribution is -2.38. The van der Waals surface area contributed by atoms with Crippen LogP contribution in [0.3, 0.4) is 0 Å². The minimum absolute atomic E-state index is 0.178. The molecule has 102 valence electrons. The molecule has 6 heteroatoms. The zero-order valence-corrected chi connectivity index (χ0v) is 11.4. The van der Waals surface area contributed by atoms with Gasteiger partial charge in [-0.1, -0.05) is 6.92 Å². The maximum Gasteiger partial charge on any atom is 0.158 e. The first-order chi connectivity index (χ1) is 7.97. The predicted molar refractivity (Wildman–Crippen MR) is 66.8 cm³/mol. The van der Waals surface area contributed by atoms with E-state index in [1.165, 1.54) is 0 Å². The molecule has 1 heterocycles. The first-order valence-corrected chi connectivity index (χ1v) is 7.91. The van der Waals surface area contributed by atoms with E-state index in [0.717, 1.165) is 13.0 Å². The molecule has 3 unspecified atom stereocenters. The summed E-state index contributed by atoms with van der Waals surface area (Å²) in [6.07, 6.45) is 0.418. The summed E-state index contributed by atoms with van der Waals surface area (Å²) in [5.41, 5.74) is 0. The summed E-state index contributed by atoms with van der Waals surface area (Å²) in [4.78, 5) is 0. The van der Waals surface area contributed by atoms with Crippen LogP contribution in [0.2, 0.25) is 0 Å². The second-order valence-corrected chi connectivity index (χ2v) is 6.86. The van der Waals surface area contributed by atoms with Crippen LogP contribution >= 0.6 is 0 Å². The third-order valence-electron chi connectivity index (χ3n) is 3.00. The normalized spacial score (nSPS) is 27.2. The summed E-state index contributed by atoms with van der Waals surface area (Å²) in [6.45, 7) is 5.41. The van der Waals surface area contributed by atoms with E-state index in [9.17, 15) is 13.5 Å². The molecule has 5 nitrogen and oxygen atoms in total. The zero-order valence-electron chi connectivity index (χ0n) is 10.6. The number of sulfone groups is 1. The summed E-state index contributed by atoms with van der Waals surface area (Å²) in [5.74, 6) is -0.178. The van der Waals surface area contributed by atoms with Gasteiger partial charge in [0.2, 0.25) is 0 Å². The maximum absolute atomic E-state index is 12.0. The largest absolute Gasteiger partial charge is 0.391 e. The number of aliphatic hydroxyl groups excluding tert-OH is 1. The van der Waals surface area contributed by atoms with E-state index in [2.05, 4.69) is 5.32 Å². The van der Waals surface area contributed by atoms with Crippen molar-refractivity contribution in [3.8, 4) is 0 Å². The first kappa shape index (κ1) is 14.9. The Morgan fingerprint density at radius 1 is 1.53 bits per heavy atom. The standard InChI is InChI=1S/C11H23NO4S/c1-3-5-12-7-10(13)8-17(14,15)11-4-6-16-9(11)2/h9-13H,3-8H2,1-2H3. The van der Waals surface area contributed by atoms with Gasteiger partial charge in [-0.05, 0) is 26.3 Å². The molecule has 0 bridgehead atoms. The molecule has 2 N–H and O–H groups in total. The fourth-order valence-corrected chi connectivity index (χ4v) is 4.10. The average Bonchev–Trinajstić information content (AvgIpc) is 2.64. The van der Waals surface area contributed by atoms with E-state index < -0.39 is 21.2 Å². The third kappa shape index (κ3) is 4.54. The number of aliphatic hydroxyl groups is 1. The quantitative estimate of drug-likeness (QED) is 0.631. The van der Waals surface area contributed by atoms with Gasteiger partial charge in [0.05, 0.1) is 23.2 Å². The van der Waals surface area contributed by atoms with Gasteiger partial charge in [-0.15, -0.1) is 0 Å². The molecule has 0 aromatic carbocycles. The molecular weight excluding hydrogens is 242 g/mol. The van der Waals surface area contributed by atoms with Crippen molar-refractivity contribution in [3.63, 3.8) is 0 Å². The number of ether oxygens (including phenoxy) is 1. The molecule has 17 heavy (non-hydrogen) atoms. The van der Waals surface area contributed by atoms with Crippen molar-refractivity contribution < 1.29 is 18.3 Å². The van der Waals surface area contributed by atoms with E-state index in [-0.39, 0.29) is 11.9 Å². The van der Waals surface area contributed by atoms with Gasteiger partial charge in [0, 0.05) is 13.2 Å². The molecule has 1 saturated heterocycles. The molecule has 0 radical (unpaired) electrons. The molecular formula is C11H23NO4S. The van der Waals surface area contributed by atoms with Gasteiger partial charge in [-0.2, -0.15) is 0 Å². The van der Waals surface area contributed by atoms with Gasteiger partial charge in [-0.3, -0.25) is 0 Å². The van der Waals surface area contributed by atoms with Crippen molar-refractivity contribution in [1.29, 1.82) is 0 Å². The summed E-state index contributed by atoms with van der Waals surface area (Å²) in [7, 11) is -3.26. The SMILES string of the molecule is CCCNCC(O)CS(=O)(=O)C1CCOC1C. The minimum atomic E-state index is -3.26. The molecule has 0 aromatic rings. The molecule has 1 rings (SSSR count). The highest BCUT2D eigenvalue weighted by molar-refractivity contribution is 7.92. The number of nitrogens with one attached hydrogen (secondary N) is 1. The molecule has 0 aliphatic carbocycles. The molecule has 3 atom stereocenters. The molecule has 1 fully saturated rings. The van der Waals surface area contributed by atoms with Gasteiger partial charge in [0.1, 0.15) is 0 Å². The van der Waals surface area contributed by atoms with Crippen LogP contribution in [-0.2, 0) is 14.6 Å². The maximum atomic E-state index is 12.0. The van der Waals surface area contributed by atoms with Crippen molar-refractivity contribution >= 4 is 9.84 Å². The summed E-state index contributed by atoms with van der Waals surface area (Å²) in [5, 5.41) is 12.2. The van der Waals surface area contributed by atoms with Crippen LogP contribution in [-0.4, -0.2) is 56.4 Å². The Morgan fingerprint density at radius 2 is 2.24 bits per heavy atom. The lowest BCUT2D eigenvalue weighted by Gasteiger charge is -2.18. The predicted octanol–water partition coefficient (Wildman–Crippen LogP) is -0.0609. The summed E-state index contributed by atoms with van der Waals surface area (Å²) in [6, 6.07) is 0. The number of hydrogen-bond acceptors (Lipinski definition) is 5. The Balaban J connectivity index is 2.43. The second kappa shape index (κ2) is 6.68. The molecule has 0 amide bonds. The highest BCUT2D eigenvalue weighted by Gasteiger charge is 2.36. The lowest BCUT2D eigenvalue weighted by molar-refractivity contribution is 0.126. The first-order valence-electron chi connectivity index (χ1n) is 6.19. The van der Waals surface area contributed by atoms with Crippen LogP contribution in [0.4, 0.5) is 0 Å². The minimum Gasteiger partial charge on any atom is -0.391 e. The van der Waals surface area contributed by atoms with Gasteiger partial charge in [0.25, 0.3) is 0 Å². The Labute approximate surface area is 103 Å². The molecule has 1 aliphatic rings. The van der Waals surface area contributed by atoms with Gasteiger partial charge in [0.15, 0.2) is 9.84 Å². The van der Waals surface area contributed by atoms with Gasteiger partial charge in [-0.25, -0.2) is 8.42 Å². The van der Waals surface area contributed by atoms with E-state index in [4.69, 9.17) is 4.74 Å². The van der Waals surface area contributed by atoms with E-state index in [0.29, 0.717) is 19.6 Å². The van der Waals surface area contributed by atoms with Crippen molar-refractivity contribution in [1.82, 2.24) is 5.32 Å². The molecule has 0 aromatic heterocycles. The molecule has 0 saturated carbocycles. The van der Waals surface area contributed by atoms with Crippen LogP contribution < -0.4 is 5.32 Å². The Bertz CT molecular complexity index is 317. The highest BCUT2D eigenvalue weighted by atomic mass is 32.2. The topological polar surface area (TPSA) is 75.6 Å². The second-order valence-electron chi connectivity index (χ2n) is 4.59. The number of hydrogen-bond donors (Lipinski definition) is 2. The highest BCUT2D eigenvalue weighted by Crippen LogP contribution is 2.21. The van der Waals surface area contributed by atoms with Crippen molar-refractivity contribution in [2.75, 3.05) is 25.4 Å². The van der Waals surface area contributed by atoms with Gasteiger partial charge >= 0.3 is 0 Å². The molecule has 0 spiro atoms. The lowest BCUT2D eigenvalue weighted by atomic mass is 10.3. The third-order valence-corrected chi connectivity index (χ3v) is 5.39. The van der Waals surface area contributed by atoms with Crippen LogP contribution in [0.1, 0.15) is 26.7 Å². The fourth-order valence-electron chi connectivity index (χ4n) is 2.08. The smallest absolute Gasteiger partial charge is 0.158 e. The monoisotopic (exact) mass is 265 g/mol.